The molecule has 9 heteroatoms. The van der Waals surface area contributed by atoms with Gasteiger partial charge in [0.1, 0.15) is 0 Å². The maximum atomic E-state index is 12.9. The van der Waals surface area contributed by atoms with Crippen LogP contribution in [-0.2, 0) is 26.0 Å². The molecule has 4 rings (SSSR count). The Hall–Kier alpha value is -3.01. The number of anilines is 2. The third-order valence-electron chi connectivity index (χ3n) is 6.88. The molecule has 3 aromatic carbocycles. The number of piperidine rings is 1. The zero-order chi connectivity index (χ0) is 28.2. The molecule has 0 bridgehead atoms. The van der Waals surface area contributed by atoms with Gasteiger partial charge in [0.2, 0.25) is 15.9 Å². The third-order valence-corrected chi connectivity index (χ3v) is 9.26. The van der Waals surface area contributed by atoms with Crippen LogP contribution in [0.5, 0.6) is 0 Å². The van der Waals surface area contributed by atoms with Gasteiger partial charge in [-0.2, -0.15) is 0 Å². The molecule has 0 saturated carbocycles. The van der Waals surface area contributed by atoms with Gasteiger partial charge >= 0.3 is 0 Å². The second-order valence-corrected chi connectivity index (χ2v) is 13.8. The minimum Gasteiger partial charge on any atom is -0.326 e. The van der Waals surface area contributed by atoms with Gasteiger partial charge < -0.3 is 10.6 Å². The highest BCUT2D eigenvalue weighted by molar-refractivity contribution is 9.10. The molecule has 0 unspecified atom stereocenters. The van der Waals surface area contributed by atoms with Crippen LogP contribution in [0.2, 0.25) is 0 Å². The molecule has 3 aromatic rings. The van der Waals surface area contributed by atoms with Crippen LogP contribution >= 0.6 is 15.9 Å². The fourth-order valence-electron chi connectivity index (χ4n) is 4.52. The number of hydrogen-bond acceptors (Lipinski definition) is 4. The quantitative estimate of drug-likeness (QED) is 0.333. The van der Waals surface area contributed by atoms with E-state index >= 15 is 0 Å². The van der Waals surface area contributed by atoms with Gasteiger partial charge in [-0.05, 0) is 71.8 Å². The molecular weight excluding hydrogens is 578 g/mol. The molecule has 0 aliphatic carbocycles. The smallest absolute Gasteiger partial charge is 0.255 e. The number of nitrogens with zero attached hydrogens (tertiary/aromatic N) is 1. The second-order valence-electron chi connectivity index (χ2n) is 10.9. The van der Waals surface area contributed by atoms with E-state index in [9.17, 15) is 18.0 Å². The van der Waals surface area contributed by atoms with Crippen molar-refractivity contribution in [3.05, 3.63) is 94.0 Å². The number of sulfonamides is 1. The number of amides is 2. The lowest BCUT2D eigenvalue weighted by Gasteiger charge is -2.30. The molecule has 0 aromatic heterocycles. The SMILES string of the molecule is CC(C)(C)c1ccc(C(=O)Nc2cccc(NC(=O)C3CCN(S(=O)(=O)Cc4ccc(Br)cc4)CC3)c2)cc1. The van der Waals surface area contributed by atoms with Crippen LogP contribution in [0.15, 0.2) is 77.3 Å². The summed E-state index contributed by atoms with van der Waals surface area (Å²) >= 11 is 3.36. The lowest BCUT2D eigenvalue weighted by atomic mass is 9.87. The number of carbonyl (C=O) groups excluding carboxylic acids is 2. The highest BCUT2D eigenvalue weighted by Gasteiger charge is 2.31. The molecular formula is C30H34BrN3O4S. The number of benzene rings is 3. The molecule has 1 aliphatic heterocycles. The molecule has 1 fully saturated rings. The van der Waals surface area contributed by atoms with Gasteiger partial charge in [-0.1, -0.05) is 67.0 Å². The molecule has 1 aliphatic rings. The zero-order valence-electron chi connectivity index (χ0n) is 22.4. The van der Waals surface area contributed by atoms with Crippen LogP contribution in [-0.4, -0.2) is 37.6 Å². The number of rotatable bonds is 7. The minimum absolute atomic E-state index is 0.00637. The maximum absolute atomic E-state index is 12.9. The van der Waals surface area contributed by atoms with Crippen molar-refractivity contribution < 1.29 is 18.0 Å². The van der Waals surface area contributed by atoms with Crippen molar-refractivity contribution in [2.24, 2.45) is 5.92 Å². The highest BCUT2D eigenvalue weighted by Crippen LogP contribution is 2.25. The Balaban J connectivity index is 1.30. The van der Waals surface area contributed by atoms with E-state index in [1.54, 1.807) is 36.4 Å². The molecule has 2 amide bonds. The average Bonchev–Trinajstić information content (AvgIpc) is 2.90. The van der Waals surface area contributed by atoms with E-state index < -0.39 is 10.0 Å². The van der Waals surface area contributed by atoms with E-state index in [1.807, 2.05) is 36.4 Å². The molecule has 1 heterocycles. The Kier molecular flexibility index (Phi) is 8.93. The van der Waals surface area contributed by atoms with E-state index in [1.165, 1.54) is 4.31 Å². The lowest BCUT2D eigenvalue weighted by molar-refractivity contribution is -0.120. The van der Waals surface area contributed by atoms with Crippen molar-refractivity contribution in [2.45, 2.75) is 44.8 Å². The first-order valence-electron chi connectivity index (χ1n) is 13.0. The van der Waals surface area contributed by atoms with E-state index in [2.05, 4.69) is 47.3 Å². The summed E-state index contributed by atoms with van der Waals surface area (Å²) in [5, 5.41) is 5.81. The first-order valence-corrected chi connectivity index (χ1v) is 15.4. The van der Waals surface area contributed by atoms with Crippen LogP contribution in [0.25, 0.3) is 0 Å². The molecule has 2 N–H and O–H groups in total. The summed E-state index contributed by atoms with van der Waals surface area (Å²) < 4.78 is 28.1. The van der Waals surface area contributed by atoms with Gasteiger partial charge in [0.25, 0.3) is 5.91 Å². The summed E-state index contributed by atoms with van der Waals surface area (Å²) in [7, 11) is -3.46. The van der Waals surface area contributed by atoms with E-state index in [0.29, 0.717) is 42.9 Å². The maximum Gasteiger partial charge on any atom is 0.255 e. The lowest BCUT2D eigenvalue weighted by Crippen LogP contribution is -2.41. The van der Waals surface area contributed by atoms with Crippen molar-refractivity contribution in [3.8, 4) is 0 Å². The number of halogens is 1. The van der Waals surface area contributed by atoms with Crippen molar-refractivity contribution in [1.82, 2.24) is 4.31 Å². The second kappa shape index (κ2) is 12.0. The first kappa shape index (κ1) is 29.0. The van der Waals surface area contributed by atoms with Crippen molar-refractivity contribution in [3.63, 3.8) is 0 Å². The van der Waals surface area contributed by atoms with Crippen molar-refractivity contribution in [1.29, 1.82) is 0 Å². The summed E-state index contributed by atoms with van der Waals surface area (Å²) in [5.41, 5.74) is 3.59. The van der Waals surface area contributed by atoms with Crippen LogP contribution in [0.1, 0.15) is 55.1 Å². The zero-order valence-corrected chi connectivity index (χ0v) is 24.8. The van der Waals surface area contributed by atoms with Gasteiger partial charge in [-0.3, -0.25) is 9.59 Å². The minimum atomic E-state index is -3.46. The predicted molar refractivity (Wildman–Crippen MR) is 159 cm³/mol. The summed E-state index contributed by atoms with van der Waals surface area (Å²) in [6, 6.07) is 21.8. The highest BCUT2D eigenvalue weighted by atomic mass is 79.9. The Morgan fingerprint density at radius 3 is 2.08 bits per heavy atom. The number of carbonyl (C=O) groups is 2. The number of hydrogen-bond donors (Lipinski definition) is 2. The fourth-order valence-corrected chi connectivity index (χ4v) is 6.35. The largest absolute Gasteiger partial charge is 0.326 e. The van der Waals surface area contributed by atoms with Crippen LogP contribution in [0.4, 0.5) is 11.4 Å². The molecule has 7 nitrogen and oxygen atoms in total. The third kappa shape index (κ3) is 7.77. The Morgan fingerprint density at radius 1 is 0.897 bits per heavy atom. The van der Waals surface area contributed by atoms with Gasteiger partial charge in [-0.25, -0.2) is 12.7 Å². The molecule has 206 valence electrons. The summed E-state index contributed by atoms with van der Waals surface area (Å²) in [4.78, 5) is 25.7. The van der Waals surface area contributed by atoms with Crippen molar-refractivity contribution >= 4 is 49.1 Å². The molecule has 0 spiro atoms. The first-order chi connectivity index (χ1) is 18.4. The van der Waals surface area contributed by atoms with E-state index in [0.717, 1.165) is 15.6 Å². The van der Waals surface area contributed by atoms with Gasteiger partial charge in [-0.15, -0.1) is 0 Å². The molecule has 1 saturated heterocycles. The van der Waals surface area contributed by atoms with Gasteiger partial charge in [0.15, 0.2) is 0 Å². The molecule has 0 atom stereocenters. The fraction of sp³-hybridized carbons (Fsp3) is 0.333. The van der Waals surface area contributed by atoms with Crippen molar-refractivity contribution in [2.75, 3.05) is 23.7 Å². The Bertz CT molecular complexity index is 1420. The van der Waals surface area contributed by atoms with Gasteiger partial charge in [0, 0.05) is 40.4 Å². The van der Waals surface area contributed by atoms with E-state index in [4.69, 9.17) is 0 Å². The standard InChI is InChI=1S/C30H34BrN3O4S/c1-30(2,3)24-11-9-22(10-12-24)28(35)32-26-5-4-6-27(19-26)33-29(36)23-15-17-34(18-16-23)39(37,38)20-21-7-13-25(31)14-8-21/h4-14,19,23H,15-18,20H2,1-3H3,(H,32,35)(H,33,36). The Morgan fingerprint density at radius 2 is 1.49 bits per heavy atom. The topological polar surface area (TPSA) is 95.6 Å². The average molecular weight is 613 g/mol. The van der Waals surface area contributed by atoms with Crippen LogP contribution < -0.4 is 10.6 Å². The van der Waals surface area contributed by atoms with E-state index in [-0.39, 0.29) is 28.9 Å². The summed E-state index contributed by atoms with van der Waals surface area (Å²) in [6.45, 7) is 6.98. The predicted octanol–water partition coefficient (Wildman–Crippen LogP) is 6.18. The molecule has 39 heavy (non-hydrogen) atoms. The number of nitrogens with one attached hydrogen (secondary N) is 2. The summed E-state index contributed by atoms with van der Waals surface area (Å²) in [5.74, 6) is -0.725. The van der Waals surface area contributed by atoms with Crippen LogP contribution in [0, 0.1) is 5.92 Å². The normalized spacial score (nSPS) is 15.1. The monoisotopic (exact) mass is 611 g/mol. The summed E-state index contributed by atoms with van der Waals surface area (Å²) in [6.07, 6.45) is 0.902. The molecule has 0 radical (unpaired) electrons. The Labute approximate surface area is 239 Å². The van der Waals surface area contributed by atoms with Crippen LogP contribution in [0.3, 0.4) is 0 Å². The van der Waals surface area contributed by atoms with Gasteiger partial charge in [0.05, 0.1) is 5.75 Å².